The van der Waals surface area contributed by atoms with Gasteiger partial charge in [-0.15, -0.1) is 11.3 Å². The molecule has 0 spiro atoms. The van der Waals surface area contributed by atoms with Crippen molar-refractivity contribution in [2.75, 3.05) is 0 Å². The van der Waals surface area contributed by atoms with E-state index in [1.54, 1.807) is 34.6 Å². The van der Waals surface area contributed by atoms with Crippen LogP contribution < -0.4 is 11.2 Å². The summed E-state index contributed by atoms with van der Waals surface area (Å²) in [6.45, 7) is 7.46. The van der Waals surface area contributed by atoms with Gasteiger partial charge in [-0.3, -0.25) is 13.9 Å². The molecule has 30 heavy (non-hydrogen) atoms. The lowest BCUT2D eigenvalue weighted by Crippen LogP contribution is -2.41. The highest BCUT2D eigenvalue weighted by atomic mass is 32.1. The zero-order valence-electron chi connectivity index (χ0n) is 17.2. The van der Waals surface area contributed by atoms with E-state index in [1.807, 2.05) is 0 Å². The maximum absolute atomic E-state index is 12.8. The minimum Gasteiger partial charge on any atom is -0.464 e. The first-order valence-corrected chi connectivity index (χ1v) is 9.91. The third-order valence-electron chi connectivity index (χ3n) is 4.37. The van der Waals surface area contributed by atoms with Crippen LogP contribution in [0.25, 0.3) is 10.2 Å². The number of rotatable bonds is 5. The highest BCUT2D eigenvalue weighted by Gasteiger charge is 2.29. The molecule has 1 N–H and O–H groups in total. The zero-order chi connectivity index (χ0) is 23.0. The normalized spacial score (nSPS) is 12.8. The Morgan fingerprint density at radius 1 is 1.23 bits per heavy atom. The molecule has 0 radical (unpaired) electrons. The number of amides is 1. The van der Waals surface area contributed by atoms with Crippen molar-refractivity contribution in [2.24, 2.45) is 5.10 Å². The molecule has 0 atom stereocenters. The monoisotopic (exact) mass is 448 g/mol. The van der Waals surface area contributed by atoms with E-state index in [9.17, 15) is 32.7 Å². The van der Waals surface area contributed by atoms with Crippen LogP contribution in [-0.2, 0) is 13.1 Å². The Morgan fingerprint density at radius 3 is 2.30 bits per heavy atom. The average Bonchev–Trinajstić information content (AvgIpc) is 2.89. The van der Waals surface area contributed by atoms with Crippen molar-refractivity contribution in [3.8, 4) is 0 Å². The summed E-state index contributed by atoms with van der Waals surface area (Å²) in [5, 5.41) is 14.3. The van der Waals surface area contributed by atoms with Crippen LogP contribution in [0.3, 0.4) is 0 Å². The molecule has 2 rings (SSSR count). The summed E-state index contributed by atoms with van der Waals surface area (Å²) in [5.41, 5.74) is -1.83. The molecule has 0 saturated heterocycles. The fourth-order valence-corrected chi connectivity index (χ4v) is 4.05. The minimum absolute atomic E-state index is 0.00908. The topological polar surface area (TPSA) is 96.9 Å². The summed E-state index contributed by atoms with van der Waals surface area (Å²) < 4.78 is 40.1. The quantitative estimate of drug-likeness (QED) is 0.558. The number of nitrogens with zero attached hydrogens (tertiary/aromatic N) is 4. The molecular formula is C18H23F3N4O4S. The first-order chi connectivity index (χ1) is 13.7. The van der Waals surface area contributed by atoms with Gasteiger partial charge in [0.05, 0.1) is 28.4 Å². The van der Waals surface area contributed by atoms with E-state index < -0.39 is 42.0 Å². The first-order valence-electron chi connectivity index (χ1n) is 9.09. The van der Waals surface area contributed by atoms with Gasteiger partial charge in [-0.1, -0.05) is 0 Å². The Kier molecular flexibility index (Phi) is 6.50. The summed E-state index contributed by atoms with van der Waals surface area (Å²) in [5.74, 6) is 0. The van der Waals surface area contributed by atoms with Gasteiger partial charge < -0.3 is 5.11 Å². The van der Waals surface area contributed by atoms with Crippen molar-refractivity contribution in [1.29, 1.82) is 0 Å². The average molecular weight is 448 g/mol. The number of aryl methyl sites for hydroxylation is 2. The molecule has 2 heterocycles. The number of thiophene rings is 1. The van der Waals surface area contributed by atoms with Crippen molar-refractivity contribution in [1.82, 2.24) is 14.1 Å². The van der Waals surface area contributed by atoms with Gasteiger partial charge in [0.25, 0.3) is 5.56 Å². The number of carboxylic acid groups (broad SMARTS) is 1. The molecular weight excluding hydrogens is 425 g/mol. The van der Waals surface area contributed by atoms with Crippen molar-refractivity contribution >= 4 is 33.9 Å². The number of aromatic nitrogens is 2. The number of fused-ring (bicyclic) bond motifs is 1. The fraction of sp³-hybridized carbons (Fsp3) is 0.556. The van der Waals surface area contributed by atoms with Crippen molar-refractivity contribution < 1.29 is 23.1 Å². The zero-order valence-corrected chi connectivity index (χ0v) is 18.0. The lowest BCUT2D eigenvalue weighted by molar-refractivity contribution is -0.136. The molecule has 0 aromatic carbocycles. The number of hydrogen-bond acceptors (Lipinski definition) is 5. The first kappa shape index (κ1) is 23.6. The summed E-state index contributed by atoms with van der Waals surface area (Å²) >= 11 is 0.926. The van der Waals surface area contributed by atoms with E-state index >= 15 is 0 Å². The van der Waals surface area contributed by atoms with E-state index in [0.717, 1.165) is 25.5 Å². The standard InChI is InChI=1S/C18H23F3N4O4S/c1-6-23-13(26)12-10(2)11(9-22-25(16(28)29)17(3,4)5)30-14(12)24(15(23)27)8-7-18(19,20)21/h9H,6-8H2,1-5H3,(H,28,29)/b22-9+. The maximum Gasteiger partial charge on any atom is 0.428 e. The van der Waals surface area contributed by atoms with Crippen LogP contribution in [0.4, 0.5) is 18.0 Å². The predicted molar refractivity (Wildman–Crippen MR) is 109 cm³/mol. The second-order valence-electron chi connectivity index (χ2n) is 7.63. The number of hydrogen-bond donors (Lipinski definition) is 1. The van der Waals surface area contributed by atoms with Crippen molar-refractivity contribution in [3.05, 3.63) is 31.3 Å². The Morgan fingerprint density at radius 2 is 1.83 bits per heavy atom. The Bertz CT molecular complexity index is 1110. The Balaban J connectivity index is 2.71. The molecule has 0 aliphatic heterocycles. The highest BCUT2D eigenvalue weighted by molar-refractivity contribution is 7.20. The minimum atomic E-state index is -4.47. The maximum atomic E-state index is 12.8. The Hall–Kier alpha value is -2.63. The molecule has 0 saturated carbocycles. The molecule has 0 aliphatic rings. The number of halogens is 3. The third-order valence-corrected chi connectivity index (χ3v) is 5.62. The SMILES string of the molecule is CCn1c(=O)c2c(C)c(/C=N/N(C(=O)O)C(C)(C)C)sc2n(CCC(F)(F)F)c1=O. The van der Waals surface area contributed by atoms with Gasteiger partial charge in [0.15, 0.2) is 0 Å². The van der Waals surface area contributed by atoms with Crippen molar-refractivity contribution in [2.45, 2.75) is 65.8 Å². The molecule has 12 heteroatoms. The van der Waals surface area contributed by atoms with Gasteiger partial charge >= 0.3 is 18.0 Å². The van der Waals surface area contributed by atoms with Gasteiger partial charge in [0.2, 0.25) is 0 Å². The molecule has 2 aromatic heterocycles. The molecule has 1 amide bonds. The summed E-state index contributed by atoms with van der Waals surface area (Å²) in [6.07, 6.45) is -5.73. The molecule has 0 fully saturated rings. The van der Waals surface area contributed by atoms with E-state index in [0.29, 0.717) is 10.4 Å². The van der Waals surface area contributed by atoms with Gasteiger partial charge in [0.1, 0.15) is 4.83 Å². The lowest BCUT2D eigenvalue weighted by Gasteiger charge is -2.27. The summed E-state index contributed by atoms with van der Waals surface area (Å²) in [6, 6.07) is 0. The van der Waals surface area contributed by atoms with Crippen LogP contribution in [0.15, 0.2) is 14.7 Å². The van der Waals surface area contributed by atoms with Crippen molar-refractivity contribution in [3.63, 3.8) is 0 Å². The van der Waals surface area contributed by atoms with Crippen LogP contribution in [0, 0.1) is 6.92 Å². The highest BCUT2D eigenvalue weighted by Crippen LogP contribution is 2.28. The predicted octanol–water partition coefficient (Wildman–Crippen LogP) is 3.62. The van der Waals surface area contributed by atoms with Gasteiger partial charge in [-0.05, 0) is 40.2 Å². The second-order valence-corrected chi connectivity index (χ2v) is 8.66. The van der Waals surface area contributed by atoms with Crippen LogP contribution in [-0.4, -0.2) is 43.3 Å². The smallest absolute Gasteiger partial charge is 0.428 e. The van der Waals surface area contributed by atoms with E-state index in [2.05, 4.69) is 5.10 Å². The van der Waals surface area contributed by atoms with Crippen LogP contribution in [0.2, 0.25) is 0 Å². The van der Waals surface area contributed by atoms with Crippen LogP contribution in [0.1, 0.15) is 44.6 Å². The largest absolute Gasteiger partial charge is 0.464 e. The summed E-state index contributed by atoms with van der Waals surface area (Å²) in [7, 11) is 0. The molecule has 2 aromatic rings. The Labute approximate surface area is 173 Å². The number of carbonyl (C=O) groups is 1. The van der Waals surface area contributed by atoms with Gasteiger partial charge in [-0.25, -0.2) is 9.59 Å². The number of hydrazone groups is 1. The summed E-state index contributed by atoms with van der Waals surface area (Å²) in [4.78, 5) is 37.3. The molecule has 0 aliphatic carbocycles. The fourth-order valence-electron chi connectivity index (χ4n) is 2.87. The van der Waals surface area contributed by atoms with E-state index in [-0.39, 0.29) is 16.8 Å². The third kappa shape index (κ3) is 4.74. The van der Waals surface area contributed by atoms with Crippen LogP contribution in [0.5, 0.6) is 0 Å². The van der Waals surface area contributed by atoms with Crippen LogP contribution >= 0.6 is 11.3 Å². The molecule has 8 nitrogen and oxygen atoms in total. The number of alkyl halides is 3. The van der Waals surface area contributed by atoms with E-state index in [1.165, 1.54) is 6.21 Å². The lowest BCUT2D eigenvalue weighted by atomic mass is 10.1. The van der Waals surface area contributed by atoms with E-state index in [4.69, 9.17) is 0 Å². The molecule has 0 unspecified atom stereocenters. The van der Waals surface area contributed by atoms with Gasteiger partial charge in [-0.2, -0.15) is 23.3 Å². The van der Waals surface area contributed by atoms with Gasteiger partial charge in [0, 0.05) is 13.1 Å². The second kappa shape index (κ2) is 8.25. The molecule has 166 valence electrons. The molecule has 0 bridgehead atoms.